The minimum atomic E-state index is -1.07. The van der Waals surface area contributed by atoms with Gasteiger partial charge >= 0.3 is 0 Å². The Labute approximate surface area is 112 Å². The molecule has 1 fully saturated rings. The van der Waals surface area contributed by atoms with Gasteiger partial charge in [-0.3, -0.25) is 4.79 Å². The second-order valence-electron chi connectivity index (χ2n) is 5.29. The number of rotatable bonds is 3. The fourth-order valence-corrected chi connectivity index (χ4v) is 2.95. The van der Waals surface area contributed by atoms with Gasteiger partial charge in [0.15, 0.2) is 11.6 Å². The third kappa shape index (κ3) is 2.77. The SMILES string of the molecule is CCC1CCC(NC(=O)c2cccc(F)c2F)C1C. The molecule has 1 aromatic rings. The minimum Gasteiger partial charge on any atom is -0.349 e. The molecule has 0 aromatic heterocycles. The van der Waals surface area contributed by atoms with E-state index in [2.05, 4.69) is 19.2 Å². The summed E-state index contributed by atoms with van der Waals surface area (Å²) in [6.07, 6.45) is 3.07. The van der Waals surface area contributed by atoms with Gasteiger partial charge in [-0.1, -0.05) is 26.3 Å². The molecule has 0 saturated heterocycles. The van der Waals surface area contributed by atoms with E-state index in [1.807, 2.05) is 0 Å². The first kappa shape index (κ1) is 14.0. The van der Waals surface area contributed by atoms with Gasteiger partial charge in [0, 0.05) is 6.04 Å². The largest absolute Gasteiger partial charge is 0.349 e. The molecule has 4 heteroatoms. The summed E-state index contributed by atoms with van der Waals surface area (Å²) in [5.74, 6) is -1.60. The van der Waals surface area contributed by atoms with E-state index in [0.717, 1.165) is 25.3 Å². The molecule has 3 unspecified atom stereocenters. The Bertz CT molecular complexity index is 475. The van der Waals surface area contributed by atoms with Crippen molar-refractivity contribution in [2.45, 2.75) is 39.2 Å². The van der Waals surface area contributed by atoms with Gasteiger partial charge in [0.2, 0.25) is 0 Å². The number of hydrogen-bond donors (Lipinski definition) is 1. The van der Waals surface area contributed by atoms with Crippen LogP contribution >= 0.6 is 0 Å². The van der Waals surface area contributed by atoms with Crippen LogP contribution < -0.4 is 5.32 Å². The van der Waals surface area contributed by atoms with Gasteiger partial charge in [0.1, 0.15) is 0 Å². The van der Waals surface area contributed by atoms with Crippen molar-refractivity contribution in [3.05, 3.63) is 35.4 Å². The van der Waals surface area contributed by atoms with Gasteiger partial charge < -0.3 is 5.32 Å². The van der Waals surface area contributed by atoms with Gasteiger partial charge in [-0.2, -0.15) is 0 Å². The molecule has 0 heterocycles. The second-order valence-corrected chi connectivity index (χ2v) is 5.29. The lowest BCUT2D eigenvalue weighted by atomic mass is 9.93. The molecule has 0 radical (unpaired) electrons. The molecule has 19 heavy (non-hydrogen) atoms. The van der Waals surface area contributed by atoms with Crippen molar-refractivity contribution in [1.29, 1.82) is 0 Å². The van der Waals surface area contributed by atoms with E-state index in [1.165, 1.54) is 12.1 Å². The lowest BCUT2D eigenvalue weighted by Crippen LogP contribution is -2.38. The zero-order valence-electron chi connectivity index (χ0n) is 11.2. The van der Waals surface area contributed by atoms with E-state index >= 15 is 0 Å². The summed E-state index contributed by atoms with van der Waals surface area (Å²) < 4.78 is 26.6. The topological polar surface area (TPSA) is 29.1 Å². The fraction of sp³-hybridized carbons (Fsp3) is 0.533. The Morgan fingerprint density at radius 1 is 1.37 bits per heavy atom. The van der Waals surface area contributed by atoms with Crippen LogP contribution in [0.3, 0.4) is 0 Å². The summed E-state index contributed by atoms with van der Waals surface area (Å²) in [5, 5.41) is 2.83. The van der Waals surface area contributed by atoms with Crippen LogP contribution in [0, 0.1) is 23.5 Å². The number of hydrogen-bond acceptors (Lipinski definition) is 1. The Kier molecular flexibility index (Phi) is 4.17. The van der Waals surface area contributed by atoms with Crippen LogP contribution in [0.1, 0.15) is 43.5 Å². The number of halogens is 2. The minimum absolute atomic E-state index is 0.0557. The maximum absolute atomic E-state index is 13.5. The normalized spacial score (nSPS) is 26.4. The van der Waals surface area contributed by atoms with E-state index < -0.39 is 17.5 Å². The summed E-state index contributed by atoms with van der Waals surface area (Å²) in [6, 6.07) is 3.72. The van der Waals surface area contributed by atoms with Crippen molar-refractivity contribution in [3.63, 3.8) is 0 Å². The quantitative estimate of drug-likeness (QED) is 0.892. The lowest BCUT2D eigenvalue weighted by molar-refractivity contribution is 0.0921. The average molecular weight is 267 g/mol. The van der Waals surface area contributed by atoms with Gasteiger partial charge in [0.05, 0.1) is 5.56 Å². The Hall–Kier alpha value is -1.45. The Morgan fingerprint density at radius 2 is 2.11 bits per heavy atom. The molecular formula is C15H19F2NO. The van der Waals surface area contributed by atoms with Crippen molar-refractivity contribution < 1.29 is 13.6 Å². The van der Waals surface area contributed by atoms with Crippen LogP contribution in [0.25, 0.3) is 0 Å². The van der Waals surface area contributed by atoms with E-state index in [0.29, 0.717) is 11.8 Å². The molecule has 0 spiro atoms. The predicted octanol–water partition coefficient (Wildman–Crippen LogP) is 3.52. The number of carbonyl (C=O) groups excluding carboxylic acids is 1. The highest BCUT2D eigenvalue weighted by Gasteiger charge is 2.33. The highest BCUT2D eigenvalue weighted by molar-refractivity contribution is 5.94. The molecule has 1 aliphatic rings. The number of nitrogens with one attached hydrogen (secondary N) is 1. The van der Waals surface area contributed by atoms with Crippen LogP contribution in [-0.4, -0.2) is 11.9 Å². The highest BCUT2D eigenvalue weighted by Crippen LogP contribution is 2.34. The Morgan fingerprint density at radius 3 is 2.74 bits per heavy atom. The highest BCUT2D eigenvalue weighted by atomic mass is 19.2. The second kappa shape index (κ2) is 5.68. The summed E-state index contributed by atoms with van der Waals surface area (Å²) in [5.41, 5.74) is -0.216. The standard InChI is InChI=1S/C15H19F2NO/c1-3-10-7-8-13(9(10)2)18-15(19)11-5-4-6-12(16)14(11)17/h4-6,9-10,13H,3,7-8H2,1-2H3,(H,18,19). The average Bonchev–Trinajstić information content (AvgIpc) is 2.73. The Balaban J connectivity index is 2.08. The van der Waals surface area contributed by atoms with Gasteiger partial charge in [-0.25, -0.2) is 8.78 Å². The summed E-state index contributed by atoms with van der Waals surface area (Å²) >= 11 is 0. The molecule has 0 bridgehead atoms. The van der Waals surface area contributed by atoms with Gasteiger partial charge in [0.25, 0.3) is 5.91 Å². The summed E-state index contributed by atoms with van der Waals surface area (Å²) in [6.45, 7) is 4.24. The van der Waals surface area contributed by atoms with Crippen molar-refractivity contribution in [2.24, 2.45) is 11.8 Å². The zero-order valence-corrected chi connectivity index (χ0v) is 11.2. The van der Waals surface area contributed by atoms with Crippen molar-refractivity contribution in [1.82, 2.24) is 5.32 Å². The number of carbonyl (C=O) groups is 1. The monoisotopic (exact) mass is 267 g/mol. The van der Waals surface area contributed by atoms with Crippen LogP contribution in [0.5, 0.6) is 0 Å². The molecule has 1 aromatic carbocycles. The van der Waals surface area contributed by atoms with Crippen molar-refractivity contribution >= 4 is 5.91 Å². The third-order valence-corrected chi connectivity index (χ3v) is 4.26. The number of amides is 1. The van der Waals surface area contributed by atoms with Crippen LogP contribution in [0.4, 0.5) is 8.78 Å². The molecule has 1 amide bonds. The van der Waals surface area contributed by atoms with E-state index in [1.54, 1.807) is 0 Å². The first-order chi connectivity index (χ1) is 9.04. The third-order valence-electron chi connectivity index (χ3n) is 4.26. The molecule has 3 atom stereocenters. The smallest absolute Gasteiger partial charge is 0.254 e. The molecule has 1 N–H and O–H groups in total. The molecule has 2 nitrogen and oxygen atoms in total. The molecule has 1 aliphatic carbocycles. The zero-order chi connectivity index (χ0) is 14.0. The maximum atomic E-state index is 13.5. The van der Waals surface area contributed by atoms with Crippen LogP contribution in [0.15, 0.2) is 18.2 Å². The first-order valence-electron chi connectivity index (χ1n) is 6.79. The molecule has 104 valence electrons. The maximum Gasteiger partial charge on any atom is 0.254 e. The number of benzene rings is 1. The van der Waals surface area contributed by atoms with Gasteiger partial charge in [-0.15, -0.1) is 0 Å². The van der Waals surface area contributed by atoms with Gasteiger partial charge in [-0.05, 0) is 36.8 Å². The van der Waals surface area contributed by atoms with Crippen LogP contribution in [0.2, 0.25) is 0 Å². The van der Waals surface area contributed by atoms with E-state index in [9.17, 15) is 13.6 Å². The molecule has 1 saturated carbocycles. The van der Waals surface area contributed by atoms with Crippen molar-refractivity contribution in [3.8, 4) is 0 Å². The van der Waals surface area contributed by atoms with E-state index in [4.69, 9.17) is 0 Å². The van der Waals surface area contributed by atoms with E-state index in [-0.39, 0.29) is 11.6 Å². The molecular weight excluding hydrogens is 248 g/mol. The fourth-order valence-electron chi connectivity index (χ4n) is 2.95. The van der Waals surface area contributed by atoms with Crippen molar-refractivity contribution in [2.75, 3.05) is 0 Å². The predicted molar refractivity (Wildman–Crippen MR) is 69.8 cm³/mol. The lowest BCUT2D eigenvalue weighted by Gasteiger charge is -2.21. The molecule has 2 rings (SSSR count). The molecule has 0 aliphatic heterocycles. The summed E-state index contributed by atoms with van der Waals surface area (Å²) in [4.78, 5) is 12.0. The first-order valence-corrected chi connectivity index (χ1v) is 6.79. The summed E-state index contributed by atoms with van der Waals surface area (Å²) in [7, 11) is 0. The van der Waals surface area contributed by atoms with Crippen LogP contribution in [-0.2, 0) is 0 Å².